The molecular formula is C14H10ClFN6O2. The van der Waals surface area contributed by atoms with Crippen molar-refractivity contribution in [2.24, 2.45) is 5.10 Å². The molecule has 0 atom stereocenters. The van der Waals surface area contributed by atoms with Crippen molar-refractivity contribution >= 4 is 17.8 Å². The summed E-state index contributed by atoms with van der Waals surface area (Å²) in [4.78, 5) is 7.22. The van der Waals surface area contributed by atoms with Crippen molar-refractivity contribution in [3.63, 3.8) is 0 Å². The smallest absolute Gasteiger partial charge is 0.260 e. The summed E-state index contributed by atoms with van der Waals surface area (Å²) in [6.07, 6.45) is 5.41. The quantitative estimate of drug-likeness (QED) is 0.520. The van der Waals surface area contributed by atoms with Gasteiger partial charge in [0.25, 0.3) is 5.88 Å². The van der Waals surface area contributed by atoms with Crippen molar-refractivity contribution < 1.29 is 13.9 Å². The molecule has 0 bridgehead atoms. The molecule has 24 heavy (non-hydrogen) atoms. The molecule has 10 heteroatoms. The molecule has 2 heterocycles. The second-order valence-electron chi connectivity index (χ2n) is 4.39. The van der Waals surface area contributed by atoms with Gasteiger partial charge in [0.2, 0.25) is 11.1 Å². The number of hydrogen-bond acceptors (Lipinski definition) is 7. The standard InChI is InChI=1S/C14H10ClFN6O2/c1-23-12-4-9(5-20-22-7-18-19-8-22)2-3-11(12)24-13-10(16)6-17-14(15)21-13/h2-8H,1H3/b20-5-. The zero-order chi connectivity index (χ0) is 16.9. The summed E-state index contributed by atoms with van der Waals surface area (Å²) in [6.45, 7) is 0. The van der Waals surface area contributed by atoms with Crippen LogP contribution in [0.4, 0.5) is 4.39 Å². The van der Waals surface area contributed by atoms with Crippen molar-refractivity contribution in [3.05, 3.63) is 53.7 Å². The van der Waals surface area contributed by atoms with Crippen molar-refractivity contribution in [2.45, 2.75) is 0 Å². The maximum atomic E-state index is 13.7. The molecule has 3 rings (SSSR count). The lowest BCUT2D eigenvalue weighted by molar-refractivity contribution is 0.363. The average Bonchev–Trinajstić information content (AvgIpc) is 3.10. The average molecular weight is 349 g/mol. The Hall–Kier alpha value is -3.07. The summed E-state index contributed by atoms with van der Waals surface area (Å²) in [6, 6.07) is 4.98. The summed E-state index contributed by atoms with van der Waals surface area (Å²) in [5.41, 5.74) is 0.731. The molecule has 0 saturated carbocycles. The van der Waals surface area contributed by atoms with Crippen LogP contribution in [0, 0.1) is 5.82 Å². The van der Waals surface area contributed by atoms with E-state index in [-0.39, 0.29) is 16.9 Å². The third-order valence-electron chi connectivity index (χ3n) is 2.82. The van der Waals surface area contributed by atoms with E-state index in [1.165, 1.54) is 24.4 Å². The number of methoxy groups -OCH3 is 1. The zero-order valence-corrected chi connectivity index (χ0v) is 13.1. The van der Waals surface area contributed by atoms with Gasteiger partial charge in [-0.25, -0.2) is 9.66 Å². The van der Waals surface area contributed by atoms with Crippen molar-refractivity contribution in [1.29, 1.82) is 0 Å². The van der Waals surface area contributed by atoms with Gasteiger partial charge in [0, 0.05) is 0 Å². The topological polar surface area (TPSA) is 87.3 Å². The highest BCUT2D eigenvalue weighted by molar-refractivity contribution is 6.28. The van der Waals surface area contributed by atoms with Gasteiger partial charge in [-0.1, -0.05) is 0 Å². The number of rotatable bonds is 5. The minimum absolute atomic E-state index is 0.122. The maximum absolute atomic E-state index is 13.7. The Bertz CT molecular complexity index is 872. The molecule has 0 aliphatic heterocycles. The molecule has 0 fully saturated rings. The van der Waals surface area contributed by atoms with Gasteiger partial charge >= 0.3 is 0 Å². The molecule has 3 aromatic rings. The lowest BCUT2D eigenvalue weighted by atomic mass is 10.2. The molecular weight excluding hydrogens is 339 g/mol. The first-order valence-corrected chi connectivity index (χ1v) is 6.96. The normalized spacial score (nSPS) is 11.0. The van der Waals surface area contributed by atoms with E-state index in [0.29, 0.717) is 5.75 Å². The third-order valence-corrected chi connectivity index (χ3v) is 3.01. The van der Waals surface area contributed by atoms with E-state index in [2.05, 4.69) is 25.3 Å². The Morgan fingerprint density at radius 3 is 2.79 bits per heavy atom. The van der Waals surface area contributed by atoms with Gasteiger partial charge in [-0.15, -0.1) is 10.2 Å². The SMILES string of the molecule is COc1cc(/C=N\n2cnnc2)ccc1Oc1nc(Cl)ncc1F. The van der Waals surface area contributed by atoms with Crippen LogP contribution >= 0.6 is 11.6 Å². The number of hydrogen-bond donors (Lipinski definition) is 0. The summed E-state index contributed by atoms with van der Waals surface area (Å²) < 4.78 is 25.8. The molecule has 122 valence electrons. The predicted molar refractivity (Wildman–Crippen MR) is 83.1 cm³/mol. The fourth-order valence-electron chi connectivity index (χ4n) is 1.74. The van der Waals surface area contributed by atoms with Gasteiger partial charge in [0.1, 0.15) is 12.7 Å². The largest absolute Gasteiger partial charge is 0.493 e. The van der Waals surface area contributed by atoms with Crippen molar-refractivity contribution in [1.82, 2.24) is 24.8 Å². The highest BCUT2D eigenvalue weighted by Crippen LogP contribution is 2.32. The summed E-state index contributed by atoms with van der Waals surface area (Å²) in [5.74, 6) is -0.386. The lowest BCUT2D eigenvalue weighted by Gasteiger charge is -2.10. The molecule has 0 unspecified atom stereocenters. The van der Waals surface area contributed by atoms with E-state index >= 15 is 0 Å². The minimum Gasteiger partial charge on any atom is -0.493 e. The molecule has 1 aromatic carbocycles. The fraction of sp³-hybridized carbons (Fsp3) is 0.0714. The van der Waals surface area contributed by atoms with Crippen LogP contribution in [0.15, 0.2) is 42.2 Å². The predicted octanol–water partition coefficient (Wildman–Crippen LogP) is 2.54. The van der Waals surface area contributed by atoms with Gasteiger partial charge in [-0.2, -0.15) is 14.5 Å². The summed E-state index contributed by atoms with van der Waals surface area (Å²) in [5, 5.41) is 11.3. The number of halogens is 2. The monoisotopic (exact) mass is 348 g/mol. The van der Waals surface area contributed by atoms with Gasteiger partial charge in [0.15, 0.2) is 11.5 Å². The molecule has 0 amide bonds. The van der Waals surface area contributed by atoms with Crippen LogP contribution in [-0.4, -0.2) is 38.2 Å². The van der Waals surface area contributed by atoms with Crippen LogP contribution in [0.3, 0.4) is 0 Å². The van der Waals surface area contributed by atoms with Crippen LogP contribution < -0.4 is 9.47 Å². The van der Waals surface area contributed by atoms with E-state index in [9.17, 15) is 4.39 Å². The van der Waals surface area contributed by atoms with Crippen molar-refractivity contribution in [3.8, 4) is 17.4 Å². The van der Waals surface area contributed by atoms with Crippen LogP contribution in [-0.2, 0) is 0 Å². The van der Waals surface area contributed by atoms with Crippen LogP contribution in [0.1, 0.15) is 5.56 Å². The molecule has 2 aromatic heterocycles. The number of aromatic nitrogens is 5. The summed E-state index contributed by atoms with van der Waals surface area (Å²) in [7, 11) is 1.46. The van der Waals surface area contributed by atoms with Gasteiger partial charge < -0.3 is 9.47 Å². The van der Waals surface area contributed by atoms with E-state index in [4.69, 9.17) is 21.1 Å². The molecule has 0 N–H and O–H groups in total. The van der Waals surface area contributed by atoms with Crippen LogP contribution in [0.5, 0.6) is 17.4 Å². The Kier molecular flexibility index (Phi) is 4.62. The Balaban J connectivity index is 1.85. The lowest BCUT2D eigenvalue weighted by Crippen LogP contribution is -1.97. The second kappa shape index (κ2) is 7.01. The van der Waals surface area contributed by atoms with E-state index in [1.54, 1.807) is 24.4 Å². The van der Waals surface area contributed by atoms with Crippen molar-refractivity contribution in [2.75, 3.05) is 7.11 Å². The molecule has 0 saturated heterocycles. The Morgan fingerprint density at radius 2 is 2.04 bits per heavy atom. The number of ether oxygens (including phenoxy) is 2. The zero-order valence-electron chi connectivity index (χ0n) is 12.3. The highest BCUT2D eigenvalue weighted by Gasteiger charge is 2.12. The Morgan fingerprint density at radius 1 is 1.25 bits per heavy atom. The first-order chi connectivity index (χ1) is 11.7. The van der Waals surface area contributed by atoms with E-state index < -0.39 is 5.82 Å². The minimum atomic E-state index is -0.736. The maximum Gasteiger partial charge on any atom is 0.260 e. The van der Waals surface area contributed by atoms with Gasteiger partial charge in [0.05, 0.1) is 19.5 Å². The van der Waals surface area contributed by atoms with E-state index in [1.807, 2.05) is 0 Å². The highest BCUT2D eigenvalue weighted by atomic mass is 35.5. The first kappa shape index (κ1) is 15.8. The first-order valence-electron chi connectivity index (χ1n) is 6.58. The number of nitrogens with zero attached hydrogens (tertiary/aromatic N) is 6. The third kappa shape index (κ3) is 3.63. The Labute approximate surface area is 140 Å². The second-order valence-corrected chi connectivity index (χ2v) is 4.73. The summed E-state index contributed by atoms with van der Waals surface area (Å²) >= 11 is 5.64. The molecule has 0 aliphatic rings. The molecule has 8 nitrogen and oxygen atoms in total. The van der Waals surface area contributed by atoms with E-state index in [0.717, 1.165) is 11.8 Å². The van der Waals surface area contributed by atoms with Gasteiger partial charge in [-0.05, 0) is 35.4 Å². The molecule has 0 radical (unpaired) electrons. The molecule has 0 spiro atoms. The van der Waals surface area contributed by atoms with Gasteiger partial charge in [-0.3, -0.25) is 0 Å². The molecule has 0 aliphatic carbocycles. The van der Waals surface area contributed by atoms with Crippen LogP contribution in [0.25, 0.3) is 0 Å². The fourth-order valence-corrected chi connectivity index (χ4v) is 1.87. The number of benzene rings is 1. The van der Waals surface area contributed by atoms with Crippen LogP contribution in [0.2, 0.25) is 5.28 Å².